The molecule has 146 valence electrons. The summed E-state index contributed by atoms with van der Waals surface area (Å²) in [5.74, 6) is -2.29. The van der Waals surface area contributed by atoms with Crippen molar-refractivity contribution in [2.45, 2.75) is 19.3 Å². The molecule has 2 aromatic rings. The Labute approximate surface area is 164 Å². The van der Waals surface area contributed by atoms with Gasteiger partial charge in [-0.25, -0.2) is 4.39 Å². The number of allylic oxidation sites excluding steroid dienone is 2. The van der Waals surface area contributed by atoms with Crippen LogP contribution in [0.25, 0.3) is 5.57 Å². The maximum Gasteiger partial charge on any atom is 0.317 e. The second-order valence-electron chi connectivity index (χ2n) is 7.11. The Kier molecular flexibility index (Phi) is 5.93. The topological polar surface area (TPSA) is 46.6 Å². The Morgan fingerprint density at radius 1 is 1.11 bits per heavy atom. The fraction of sp³-hybridized carbons (Fsp3) is 0.304. The SMILES string of the molecule is CCOC(=O)[C@H]1C(=O)C=C(c2ccc(F)cc2)C[C@H]1c1ccc(N(C)C)cc1. The summed E-state index contributed by atoms with van der Waals surface area (Å²) in [6.07, 6.45) is 2.00. The van der Waals surface area contributed by atoms with Crippen LogP contribution >= 0.6 is 0 Å². The largest absolute Gasteiger partial charge is 0.465 e. The molecule has 1 aliphatic carbocycles. The van der Waals surface area contributed by atoms with E-state index < -0.39 is 11.9 Å². The Morgan fingerprint density at radius 3 is 2.32 bits per heavy atom. The number of anilines is 1. The zero-order valence-electron chi connectivity index (χ0n) is 16.3. The summed E-state index contributed by atoms with van der Waals surface area (Å²) < 4.78 is 18.5. The second kappa shape index (κ2) is 8.38. The van der Waals surface area contributed by atoms with E-state index in [-0.39, 0.29) is 24.1 Å². The lowest BCUT2D eigenvalue weighted by molar-refractivity contribution is -0.151. The van der Waals surface area contributed by atoms with Gasteiger partial charge in [-0.15, -0.1) is 0 Å². The number of esters is 1. The third-order valence-electron chi connectivity index (χ3n) is 5.06. The quantitative estimate of drug-likeness (QED) is 0.575. The second-order valence-corrected chi connectivity index (χ2v) is 7.11. The van der Waals surface area contributed by atoms with Gasteiger partial charge in [0.25, 0.3) is 0 Å². The van der Waals surface area contributed by atoms with Crippen LogP contribution in [-0.4, -0.2) is 32.5 Å². The highest BCUT2D eigenvalue weighted by Gasteiger charge is 2.39. The van der Waals surface area contributed by atoms with Crippen LogP contribution in [0.1, 0.15) is 30.4 Å². The summed E-state index contributed by atoms with van der Waals surface area (Å²) in [4.78, 5) is 27.4. The first-order valence-electron chi connectivity index (χ1n) is 9.35. The molecule has 5 heteroatoms. The predicted molar refractivity (Wildman–Crippen MR) is 108 cm³/mol. The van der Waals surface area contributed by atoms with Crippen LogP contribution in [-0.2, 0) is 14.3 Å². The van der Waals surface area contributed by atoms with E-state index in [1.165, 1.54) is 18.2 Å². The van der Waals surface area contributed by atoms with Crippen molar-refractivity contribution in [3.8, 4) is 0 Å². The minimum absolute atomic E-state index is 0.226. The molecule has 0 aliphatic heterocycles. The van der Waals surface area contributed by atoms with Gasteiger partial charge in [-0.05, 0) is 60.4 Å². The number of carbonyl (C=O) groups excluding carboxylic acids is 2. The Morgan fingerprint density at radius 2 is 1.75 bits per heavy atom. The van der Waals surface area contributed by atoms with Crippen LogP contribution in [0.3, 0.4) is 0 Å². The molecule has 2 atom stereocenters. The number of ketones is 1. The van der Waals surface area contributed by atoms with Crippen LogP contribution in [0.4, 0.5) is 10.1 Å². The predicted octanol–water partition coefficient (Wildman–Crippen LogP) is 4.21. The molecule has 0 saturated carbocycles. The smallest absolute Gasteiger partial charge is 0.317 e. The number of ether oxygens (including phenoxy) is 1. The van der Waals surface area contributed by atoms with Gasteiger partial charge in [0.1, 0.15) is 11.7 Å². The van der Waals surface area contributed by atoms with Gasteiger partial charge in [0.15, 0.2) is 5.78 Å². The monoisotopic (exact) mass is 381 g/mol. The van der Waals surface area contributed by atoms with E-state index in [1.807, 2.05) is 43.3 Å². The van der Waals surface area contributed by atoms with E-state index in [0.717, 1.165) is 22.4 Å². The molecule has 0 aromatic heterocycles. The molecule has 0 spiro atoms. The lowest BCUT2D eigenvalue weighted by Gasteiger charge is -2.30. The van der Waals surface area contributed by atoms with Crippen LogP contribution in [0, 0.1) is 11.7 Å². The number of carbonyl (C=O) groups is 2. The molecule has 1 aliphatic rings. The summed E-state index contributed by atoms with van der Waals surface area (Å²) in [5, 5.41) is 0. The van der Waals surface area contributed by atoms with Gasteiger partial charge in [-0.3, -0.25) is 9.59 Å². The minimum atomic E-state index is -0.866. The molecule has 3 rings (SSSR count). The van der Waals surface area contributed by atoms with Gasteiger partial charge in [0.05, 0.1) is 6.61 Å². The van der Waals surface area contributed by atoms with Crippen molar-refractivity contribution in [1.29, 1.82) is 0 Å². The number of rotatable bonds is 5. The Bertz CT molecular complexity index is 885. The maximum atomic E-state index is 13.3. The van der Waals surface area contributed by atoms with Crippen molar-refractivity contribution >= 4 is 23.0 Å². The van der Waals surface area contributed by atoms with Crippen molar-refractivity contribution in [2.24, 2.45) is 5.92 Å². The van der Waals surface area contributed by atoms with Crippen molar-refractivity contribution < 1.29 is 18.7 Å². The maximum absolute atomic E-state index is 13.3. The third-order valence-corrected chi connectivity index (χ3v) is 5.06. The summed E-state index contributed by atoms with van der Waals surface area (Å²) in [5.41, 5.74) is 3.52. The summed E-state index contributed by atoms with van der Waals surface area (Å²) in [6.45, 7) is 1.95. The van der Waals surface area contributed by atoms with E-state index in [0.29, 0.717) is 6.42 Å². The van der Waals surface area contributed by atoms with Gasteiger partial charge in [-0.1, -0.05) is 24.3 Å². The highest BCUT2D eigenvalue weighted by Crippen LogP contribution is 2.40. The van der Waals surface area contributed by atoms with Crippen molar-refractivity contribution in [2.75, 3.05) is 25.6 Å². The van der Waals surface area contributed by atoms with Gasteiger partial charge in [-0.2, -0.15) is 0 Å². The van der Waals surface area contributed by atoms with Crippen molar-refractivity contribution in [1.82, 2.24) is 0 Å². The molecule has 0 heterocycles. The zero-order valence-corrected chi connectivity index (χ0v) is 16.3. The van der Waals surface area contributed by atoms with E-state index in [9.17, 15) is 14.0 Å². The average molecular weight is 381 g/mol. The highest BCUT2D eigenvalue weighted by atomic mass is 19.1. The fourth-order valence-corrected chi connectivity index (χ4v) is 3.58. The number of hydrogen-bond donors (Lipinski definition) is 0. The van der Waals surface area contributed by atoms with Gasteiger partial charge in [0, 0.05) is 25.7 Å². The lowest BCUT2D eigenvalue weighted by atomic mass is 9.73. The lowest BCUT2D eigenvalue weighted by Crippen LogP contribution is -2.34. The van der Waals surface area contributed by atoms with E-state index >= 15 is 0 Å². The average Bonchev–Trinajstić information content (AvgIpc) is 2.68. The summed E-state index contributed by atoms with van der Waals surface area (Å²) >= 11 is 0. The molecule has 0 N–H and O–H groups in total. The van der Waals surface area contributed by atoms with Crippen LogP contribution in [0.5, 0.6) is 0 Å². The molecule has 28 heavy (non-hydrogen) atoms. The zero-order chi connectivity index (χ0) is 20.3. The standard InChI is InChI=1S/C23H24FNO3/c1-4-28-23(27)22-20(16-7-11-19(12-8-16)25(2)3)13-17(14-21(22)26)15-5-9-18(24)10-6-15/h5-12,14,20,22H,4,13H2,1-3H3/t20-,22+/m0/s1. The molecular weight excluding hydrogens is 357 g/mol. The van der Waals surface area contributed by atoms with Crippen LogP contribution < -0.4 is 4.90 Å². The first-order valence-corrected chi connectivity index (χ1v) is 9.35. The molecule has 2 aromatic carbocycles. The molecule has 0 amide bonds. The number of nitrogens with zero attached hydrogens (tertiary/aromatic N) is 1. The minimum Gasteiger partial charge on any atom is -0.465 e. The summed E-state index contributed by atoms with van der Waals surface area (Å²) in [7, 11) is 3.91. The first kappa shape index (κ1) is 19.8. The fourth-order valence-electron chi connectivity index (χ4n) is 3.58. The van der Waals surface area contributed by atoms with E-state index in [4.69, 9.17) is 4.74 Å². The molecule has 0 fully saturated rings. The molecule has 0 unspecified atom stereocenters. The Hall–Kier alpha value is -2.95. The number of hydrogen-bond acceptors (Lipinski definition) is 4. The Balaban J connectivity index is 1.99. The van der Waals surface area contributed by atoms with Crippen molar-refractivity contribution in [3.05, 3.63) is 71.6 Å². The molecule has 0 bridgehead atoms. The molecular formula is C23H24FNO3. The van der Waals surface area contributed by atoms with Gasteiger partial charge < -0.3 is 9.64 Å². The van der Waals surface area contributed by atoms with E-state index in [2.05, 4.69) is 0 Å². The number of benzene rings is 2. The molecule has 0 saturated heterocycles. The molecule has 0 radical (unpaired) electrons. The highest BCUT2D eigenvalue weighted by molar-refractivity contribution is 6.10. The normalized spacial score (nSPS) is 19.1. The summed E-state index contributed by atoms with van der Waals surface area (Å²) in [6, 6.07) is 13.9. The number of halogens is 1. The molecule has 4 nitrogen and oxygen atoms in total. The van der Waals surface area contributed by atoms with Gasteiger partial charge in [0.2, 0.25) is 0 Å². The van der Waals surface area contributed by atoms with Crippen LogP contribution in [0.2, 0.25) is 0 Å². The van der Waals surface area contributed by atoms with E-state index in [1.54, 1.807) is 19.1 Å². The van der Waals surface area contributed by atoms with Gasteiger partial charge >= 0.3 is 5.97 Å². The van der Waals surface area contributed by atoms with Crippen LogP contribution in [0.15, 0.2) is 54.6 Å². The van der Waals surface area contributed by atoms with Crippen molar-refractivity contribution in [3.63, 3.8) is 0 Å². The first-order chi connectivity index (χ1) is 13.4. The third kappa shape index (κ3) is 4.14.